The summed E-state index contributed by atoms with van der Waals surface area (Å²) in [6.45, 7) is -4.81. The molecule has 0 heterocycles. The number of aromatic hydroxyl groups is 1. The first-order valence-electron chi connectivity index (χ1n) is 3.46. The minimum absolute atomic E-state index is 0.0995. The van der Waals surface area contributed by atoms with Gasteiger partial charge in [0.25, 0.3) is 0 Å². The van der Waals surface area contributed by atoms with Crippen LogP contribution in [0.3, 0.4) is 0 Å². The third kappa shape index (κ3) is 2.86. The molecule has 0 aliphatic carbocycles. The second-order valence-electron chi connectivity index (χ2n) is 2.58. The third-order valence-corrected chi connectivity index (χ3v) is 1.38. The number of benzene rings is 1. The Bertz CT molecular complexity index is 272. The van der Waals surface area contributed by atoms with Crippen LogP contribution >= 0.6 is 0 Å². The van der Waals surface area contributed by atoms with E-state index in [-0.39, 0.29) is 11.3 Å². The number of hydrogen-bond donors (Lipinski definition) is 1. The number of halogens is 3. The summed E-state index contributed by atoms with van der Waals surface area (Å²) in [6, 6.07) is 5.20. The highest BCUT2D eigenvalue weighted by Gasteiger charge is 2.22. The van der Waals surface area contributed by atoms with E-state index in [0.29, 0.717) is 0 Å². The summed E-state index contributed by atoms with van der Waals surface area (Å²) in [5.74, 6) is -0.132. The van der Waals surface area contributed by atoms with Crippen molar-refractivity contribution < 1.29 is 18.1 Å². The molecule has 66 valence electrons. The van der Waals surface area contributed by atoms with Gasteiger partial charge in [0, 0.05) is 0 Å². The van der Waals surface area contributed by atoms with E-state index in [9.17, 15) is 12.9 Å². The molecule has 1 aromatic rings. The fraction of sp³-hybridized carbons (Fsp3) is 0.143. The lowest BCUT2D eigenvalue weighted by Crippen LogP contribution is -2.19. The van der Waals surface area contributed by atoms with Gasteiger partial charge in [0.2, 0.25) is 0 Å². The number of rotatable bonds is 2. The van der Waals surface area contributed by atoms with Crippen molar-refractivity contribution in [1.82, 2.24) is 0 Å². The lowest BCUT2D eigenvalue weighted by molar-refractivity contribution is 0.465. The molecule has 0 amide bonds. The van der Waals surface area contributed by atoms with Crippen molar-refractivity contribution in [3.05, 3.63) is 29.8 Å². The van der Waals surface area contributed by atoms with E-state index in [2.05, 4.69) is 0 Å². The SMILES string of the molecule is Oc1cccc(C[B-](F)(F)F)c1. The third-order valence-electron chi connectivity index (χ3n) is 1.38. The minimum Gasteiger partial charge on any atom is -0.508 e. The minimum atomic E-state index is -4.81. The van der Waals surface area contributed by atoms with Crippen molar-refractivity contribution in [1.29, 1.82) is 0 Å². The van der Waals surface area contributed by atoms with E-state index >= 15 is 0 Å². The summed E-state index contributed by atoms with van der Waals surface area (Å²) in [7, 11) is 0. The van der Waals surface area contributed by atoms with E-state index in [1.807, 2.05) is 0 Å². The maximum atomic E-state index is 11.9. The molecule has 0 saturated carbocycles. The predicted molar refractivity (Wildman–Crippen MR) is 40.9 cm³/mol. The van der Waals surface area contributed by atoms with Crippen molar-refractivity contribution in [2.24, 2.45) is 0 Å². The zero-order valence-electron chi connectivity index (χ0n) is 6.17. The maximum Gasteiger partial charge on any atom is 0.482 e. The Kier molecular flexibility index (Phi) is 2.31. The van der Waals surface area contributed by atoms with Crippen LogP contribution in [0.4, 0.5) is 12.9 Å². The predicted octanol–water partition coefficient (Wildman–Crippen LogP) is 2.32. The molecule has 0 aliphatic rings. The smallest absolute Gasteiger partial charge is 0.482 e. The molecule has 1 rings (SSSR count). The van der Waals surface area contributed by atoms with Crippen molar-refractivity contribution in [2.45, 2.75) is 6.32 Å². The van der Waals surface area contributed by atoms with Gasteiger partial charge in [-0.15, -0.1) is 0 Å². The van der Waals surface area contributed by atoms with Crippen molar-refractivity contribution in [3.8, 4) is 5.75 Å². The summed E-state index contributed by atoms with van der Waals surface area (Å²) in [5.41, 5.74) is 0.0995. The van der Waals surface area contributed by atoms with Gasteiger partial charge in [0.15, 0.2) is 0 Å². The molecular weight excluding hydrogens is 168 g/mol. The standard InChI is InChI=1S/C7H7BF3O/c9-8(10,11)5-6-2-1-3-7(12)4-6/h1-4,12H,5H2/q-1. The summed E-state index contributed by atoms with van der Waals surface area (Å²) in [5, 5.41) is 8.85. The molecule has 0 aliphatic heterocycles. The van der Waals surface area contributed by atoms with Gasteiger partial charge in [-0.3, -0.25) is 0 Å². The maximum absolute atomic E-state index is 11.9. The first kappa shape index (κ1) is 8.97. The number of phenolic OH excluding ortho intramolecular Hbond substituents is 1. The van der Waals surface area contributed by atoms with E-state index in [1.54, 1.807) is 0 Å². The fourth-order valence-corrected chi connectivity index (χ4v) is 0.951. The summed E-state index contributed by atoms with van der Waals surface area (Å²) >= 11 is 0. The monoisotopic (exact) mass is 175 g/mol. The van der Waals surface area contributed by atoms with E-state index in [0.717, 1.165) is 6.07 Å². The number of hydrogen-bond acceptors (Lipinski definition) is 1. The lowest BCUT2D eigenvalue weighted by atomic mass is 9.82. The van der Waals surface area contributed by atoms with Gasteiger partial charge in [0.1, 0.15) is 5.75 Å². The molecular formula is C7H7BF3O-. The highest BCUT2D eigenvalue weighted by molar-refractivity contribution is 6.57. The van der Waals surface area contributed by atoms with Crippen LogP contribution in [0.1, 0.15) is 5.56 Å². The quantitative estimate of drug-likeness (QED) is 0.683. The molecule has 5 heteroatoms. The molecule has 1 nitrogen and oxygen atoms in total. The Morgan fingerprint density at radius 3 is 2.42 bits per heavy atom. The Hall–Kier alpha value is -1.13. The van der Waals surface area contributed by atoms with Gasteiger partial charge in [-0.2, -0.15) is 0 Å². The topological polar surface area (TPSA) is 20.2 Å². The average molecular weight is 175 g/mol. The lowest BCUT2D eigenvalue weighted by Gasteiger charge is -2.12. The van der Waals surface area contributed by atoms with Crippen LogP contribution in [0.15, 0.2) is 24.3 Å². The summed E-state index contributed by atoms with van der Waals surface area (Å²) in [6.07, 6.45) is -0.936. The van der Waals surface area contributed by atoms with Gasteiger partial charge in [-0.05, 0) is 12.1 Å². The second-order valence-corrected chi connectivity index (χ2v) is 2.58. The molecule has 1 N–H and O–H groups in total. The highest BCUT2D eigenvalue weighted by atomic mass is 19.4. The fourth-order valence-electron chi connectivity index (χ4n) is 0.951. The van der Waals surface area contributed by atoms with Crippen LogP contribution in [-0.2, 0) is 6.32 Å². The van der Waals surface area contributed by atoms with Crippen LogP contribution in [0.25, 0.3) is 0 Å². The van der Waals surface area contributed by atoms with E-state index in [1.165, 1.54) is 18.2 Å². The molecule has 0 saturated heterocycles. The van der Waals surface area contributed by atoms with Crippen LogP contribution in [0.2, 0.25) is 0 Å². The Labute approximate surface area is 67.9 Å². The highest BCUT2D eigenvalue weighted by Crippen LogP contribution is 2.18. The molecule has 0 radical (unpaired) electrons. The van der Waals surface area contributed by atoms with Crippen LogP contribution in [0, 0.1) is 0 Å². The molecule has 0 atom stereocenters. The molecule has 0 spiro atoms. The van der Waals surface area contributed by atoms with Gasteiger partial charge in [-0.25, -0.2) is 0 Å². The normalized spacial score (nSPS) is 11.6. The van der Waals surface area contributed by atoms with Gasteiger partial charge in [-0.1, -0.05) is 24.0 Å². The van der Waals surface area contributed by atoms with Crippen LogP contribution in [-0.4, -0.2) is 12.1 Å². The van der Waals surface area contributed by atoms with Crippen molar-refractivity contribution >= 4 is 6.98 Å². The molecule has 12 heavy (non-hydrogen) atoms. The van der Waals surface area contributed by atoms with Crippen LogP contribution in [0.5, 0.6) is 5.75 Å². The first-order valence-corrected chi connectivity index (χ1v) is 3.46. The molecule has 0 fully saturated rings. The Morgan fingerprint density at radius 2 is 1.92 bits per heavy atom. The molecule has 0 bridgehead atoms. The zero-order chi connectivity index (χ0) is 9.19. The van der Waals surface area contributed by atoms with Gasteiger partial charge >= 0.3 is 6.98 Å². The first-order chi connectivity index (χ1) is 5.47. The van der Waals surface area contributed by atoms with E-state index in [4.69, 9.17) is 5.11 Å². The van der Waals surface area contributed by atoms with Crippen molar-refractivity contribution in [2.75, 3.05) is 0 Å². The Balaban J connectivity index is 2.77. The van der Waals surface area contributed by atoms with E-state index < -0.39 is 13.3 Å². The van der Waals surface area contributed by atoms with Gasteiger partial charge in [0.05, 0.1) is 0 Å². The molecule has 0 unspecified atom stereocenters. The zero-order valence-corrected chi connectivity index (χ0v) is 6.17. The summed E-state index contributed by atoms with van der Waals surface area (Å²) in [4.78, 5) is 0. The Morgan fingerprint density at radius 1 is 1.25 bits per heavy atom. The molecule has 1 aromatic carbocycles. The second kappa shape index (κ2) is 3.09. The van der Waals surface area contributed by atoms with Gasteiger partial charge < -0.3 is 18.1 Å². The average Bonchev–Trinajstić information content (AvgIpc) is 1.82. The van der Waals surface area contributed by atoms with Crippen LogP contribution < -0.4 is 0 Å². The number of phenols is 1. The largest absolute Gasteiger partial charge is 0.508 e. The molecule has 0 aromatic heterocycles. The van der Waals surface area contributed by atoms with Crippen molar-refractivity contribution in [3.63, 3.8) is 0 Å². The summed E-state index contributed by atoms with van der Waals surface area (Å²) < 4.78 is 35.6.